The van der Waals surface area contributed by atoms with Gasteiger partial charge >= 0.3 is 17.1 Å². The molecule has 0 saturated carbocycles. The van der Waals surface area contributed by atoms with Crippen LogP contribution >= 0.6 is 0 Å². The largest absolute Gasteiger partial charge is 0.437 e. The fraction of sp³-hybridized carbons (Fsp3) is 0.667. The third-order valence-corrected chi connectivity index (χ3v) is 17.2. The second-order valence-electron chi connectivity index (χ2n) is 9.58. The maximum atomic E-state index is 6.77. The van der Waals surface area contributed by atoms with E-state index in [2.05, 4.69) is 96.2 Å². The Balaban J connectivity index is 3.01. The van der Waals surface area contributed by atoms with E-state index in [1.807, 2.05) is 0 Å². The zero-order valence-electron chi connectivity index (χ0n) is 17.9. The Morgan fingerprint density at radius 2 is 1.20 bits per heavy atom. The SMILES string of the molecule is CC(C[Si](C)(O[Si](C)(C)C)O[Si](C)(C)O[Si](C)(C)C)c1ccccc1. The molecule has 1 rings (SSSR count). The first-order valence-electron chi connectivity index (χ1n) is 9.26. The summed E-state index contributed by atoms with van der Waals surface area (Å²) in [4.78, 5) is 0. The molecule has 0 aliphatic heterocycles. The predicted molar refractivity (Wildman–Crippen MR) is 119 cm³/mol. The fourth-order valence-corrected chi connectivity index (χ4v) is 21.8. The minimum Gasteiger partial charge on any atom is -0.437 e. The normalized spacial score (nSPS) is 17.2. The van der Waals surface area contributed by atoms with Crippen molar-refractivity contribution in [1.82, 2.24) is 0 Å². The van der Waals surface area contributed by atoms with Crippen molar-refractivity contribution in [3.63, 3.8) is 0 Å². The van der Waals surface area contributed by atoms with Crippen LogP contribution in [0.4, 0.5) is 0 Å². The number of rotatable bonds is 9. The Kier molecular flexibility index (Phi) is 7.66. The van der Waals surface area contributed by atoms with Gasteiger partial charge in [-0.2, -0.15) is 0 Å². The van der Waals surface area contributed by atoms with Gasteiger partial charge < -0.3 is 12.3 Å². The molecular formula is C18H38O3Si4. The summed E-state index contributed by atoms with van der Waals surface area (Å²) < 4.78 is 19.9. The Labute approximate surface area is 159 Å². The molecule has 0 radical (unpaired) electrons. The summed E-state index contributed by atoms with van der Waals surface area (Å²) >= 11 is 0. The average molecular weight is 415 g/mol. The minimum atomic E-state index is -2.35. The van der Waals surface area contributed by atoms with Crippen LogP contribution in [0.15, 0.2) is 30.3 Å². The van der Waals surface area contributed by atoms with Gasteiger partial charge in [0.2, 0.25) is 0 Å². The third-order valence-electron chi connectivity index (χ3n) is 3.58. The Bertz CT molecular complexity index is 537. The van der Waals surface area contributed by atoms with Gasteiger partial charge in [0.15, 0.2) is 16.6 Å². The van der Waals surface area contributed by atoms with Crippen molar-refractivity contribution in [3.8, 4) is 0 Å². The summed E-state index contributed by atoms with van der Waals surface area (Å²) in [6.07, 6.45) is 0. The highest BCUT2D eigenvalue weighted by Gasteiger charge is 2.45. The van der Waals surface area contributed by atoms with E-state index in [1.165, 1.54) is 5.56 Å². The topological polar surface area (TPSA) is 27.7 Å². The van der Waals surface area contributed by atoms with Crippen LogP contribution in [0, 0.1) is 0 Å². The molecule has 0 bridgehead atoms. The molecular weight excluding hydrogens is 377 g/mol. The molecule has 0 aromatic heterocycles. The van der Waals surface area contributed by atoms with E-state index in [-0.39, 0.29) is 0 Å². The lowest BCUT2D eigenvalue weighted by molar-refractivity contribution is 0.321. The van der Waals surface area contributed by atoms with Gasteiger partial charge in [-0.1, -0.05) is 37.3 Å². The molecule has 1 aromatic rings. The second-order valence-corrected chi connectivity index (χ2v) is 26.0. The van der Waals surface area contributed by atoms with Gasteiger partial charge in [0, 0.05) is 0 Å². The maximum Gasteiger partial charge on any atom is 0.316 e. The van der Waals surface area contributed by atoms with Crippen LogP contribution in [0.5, 0.6) is 0 Å². The highest BCUT2D eigenvalue weighted by Crippen LogP contribution is 2.32. The highest BCUT2D eigenvalue weighted by atomic mass is 28.5. The van der Waals surface area contributed by atoms with Crippen LogP contribution < -0.4 is 0 Å². The molecule has 0 saturated heterocycles. The molecule has 1 aromatic carbocycles. The number of hydrogen-bond donors (Lipinski definition) is 0. The molecule has 7 heteroatoms. The van der Waals surface area contributed by atoms with E-state index in [0.29, 0.717) is 5.92 Å². The molecule has 0 aliphatic carbocycles. The van der Waals surface area contributed by atoms with Gasteiger partial charge in [0.25, 0.3) is 0 Å². The third kappa shape index (κ3) is 9.46. The Hall–Kier alpha value is -0.0325. The van der Waals surface area contributed by atoms with Crippen LogP contribution in [-0.2, 0) is 12.3 Å². The van der Waals surface area contributed by atoms with Crippen molar-refractivity contribution in [3.05, 3.63) is 35.9 Å². The molecule has 2 atom stereocenters. The summed E-state index contributed by atoms with van der Waals surface area (Å²) in [5, 5.41) is 0. The van der Waals surface area contributed by atoms with Gasteiger partial charge in [-0.05, 0) is 76.4 Å². The van der Waals surface area contributed by atoms with Crippen molar-refractivity contribution >= 4 is 33.8 Å². The molecule has 3 nitrogen and oxygen atoms in total. The quantitative estimate of drug-likeness (QED) is 0.445. The molecule has 144 valence electrons. The lowest BCUT2D eigenvalue weighted by Gasteiger charge is -2.42. The molecule has 0 aliphatic rings. The molecule has 2 unspecified atom stereocenters. The van der Waals surface area contributed by atoms with E-state index in [0.717, 1.165) is 6.04 Å². The number of benzene rings is 1. The first-order chi connectivity index (χ1) is 11.1. The van der Waals surface area contributed by atoms with Crippen LogP contribution in [0.25, 0.3) is 0 Å². The van der Waals surface area contributed by atoms with Crippen LogP contribution in [0.1, 0.15) is 18.4 Å². The first-order valence-corrected chi connectivity index (χ1v) is 21.4. The van der Waals surface area contributed by atoms with Crippen LogP contribution in [-0.4, -0.2) is 33.8 Å². The predicted octanol–water partition coefficient (Wildman–Crippen LogP) is 6.28. The highest BCUT2D eigenvalue weighted by molar-refractivity contribution is 6.89. The second kappa shape index (κ2) is 8.33. The van der Waals surface area contributed by atoms with Crippen molar-refractivity contribution in [2.24, 2.45) is 0 Å². The van der Waals surface area contributed by atoms with Crippen LogP contribution in [0.2, 0.25) is 65.0 Å². The molecule has 0 fully saturated rings. The van der Waals surface area contributed by atoms with E-state index in [1.54, 1.807) is 0 Å². The first kappa shape index (κ1) is 23.0. The lowest BCUT2D eigenvalue weighted by Crippen LogP contribution is -2.57. The van der Waals surface area contributed by atoms with E-state index < -0.39 is 33.8 Å². The summed E-state index contributed by atoms with van der Waals surface area (Å²) in [5.74, 6) is 0.422. The summed E-state index contributed by atoms with van der Waals surface area (Å²) in [6, 6.07) is 11.7. The molecule has 0 spiro atoms. The van der Waals surface area contributed by atoms with Gasteiger partial charge in [-0.15, -0.1) is 0 Å². The van der Waals surface area contributed by atoms with E-state index in [9.17, 15) is 0 Å². The fourth-order valence-electron chi connectivity index (χ4n) is 3.49. The minimum absolute atomic E-state index is 0.422. The summed E-state index contributed by atoms with van der Waals surface area (Å²) in [6.45, 7) is 22.3. The molecule has 25 heavy (non-hydrogen) atoms. The molecule has 0 amide bonds. The average Bonchev–Trinajstić information content (AvgIpc) is 2.32. The van der Waals surface area contributed by atoms with Gasteiger partial charge in [-0.25, -0.2) is 0 Å². The van der Waals surface area contributed by atoms with Crippen molar-refractivity contribution < 1.29 is 12.3 Å². The van der Waals surface area contributed by atoms with Crippen molar-refractivity contribution in [1.29, 1.82) is 0 Å². The van der Waals surface area contributed by atoms with Crippen molar-refractivity contribution in [2.75, 3.05) is 0 Å². The standard InChI is InChI=1S/C18H38O3Si4/c1-17(18-14-12-11-13-15-18)16-25(10,20-23(5,6)7)21-24(8,9)19-22(2,3)4/h11-15,17H,16H2,1-10H3. The van der Waals surface area contributed by atoms with Crippen LogP contribution in [0.3, 0.4) is 0 Å². The Morgan fingerprint density at radius 1 is 0.720 bits per heavy atom. The monoisotopic (exact) mass is 414 g/mol. The smallest absolute Gasteiger partial charge is 0.316 e. The van der Waals surface area contributed by atoms with Gasteiger partial charge in [0.05, 0.1) is 0 Å². The lowest BCUT2D eigenvalue weighted by atomic mass is 10.0. The van der Waals surface area contributed by atoms with Gasteiger partial charge in [0.1, 0.15) is 0 Å². The maximum absolute atomic E-state index is 6.77. The zero-order valence-corrected chi connectivity index (χ0v) is 21.9. The van der Waals surface area contributed by atoms with E-state index >= 15 is 0 Å². The Morgan fingerprint density at radius 3 is 1.64 bits per heavy atom. The summed E-state index contributed by atoms with van der Waals surface area (Å²) in [5.41, 5.74) is 1.36. The van der Waals surface area contributed by atoms with Crippen molar-refractivity contribution in [2.45, 2.75) is 77.8 Å². The molecule has 0 N–H and O–H groups in total. The van der Waals surface area contributed by atoms with Gasteiger partial charge in [-0.3, -0.25) is 0 Å². The summed E-state index contributed by atoms with van der Waals surface area (Å²) in [7, 11) is -7.91. The zero-order chi connectivity index (χ0) is 19.5. The molecule has 0 heterocycles. The van der Waals surface area contributed by atoms with E-state index in [4.69, 9.17) is 12.3 Å². The number of hydrogen-bond acceptors (Lipinski definition) is 3.